The van der Waals surface area contributed by atoms with Gasteiger partial charge >= 0.3 is 0 Å². The van der Waals surface area contributed by atoms with Crippen LogP contribution in [0.1, 0.15) is 43.0 Å². The summed E-state index contributed by atoms with van der Waals surface area (Å²) in [5.41, 5.74) is 0.730. The van der Waals surface area contributed by atoms with E-state index < -0.39 is 5.92 Å². The third-order valence-electron chi connectivity index (χ3n) is 5.15. The van der Waals surface area contributed by atoms with Gasteiger partial charge in [0.1, 0.15) is 17.4 Å². The van der Waals surface area contributed by atoms with Gasteiger partial charge in [-0.25, -0.2) is 0 Å². The minimum atomic E-state index is -0.695. The number of hydrogen-bond donors (Lipinski definition) is 1. The fraction of sp³-hybridized carbons (Fsp3) is 0.360. The van der Waals surface area contributed by atoms with E-state index >= 15 is 0 Å². The number of amides is 1. The lowest BCUT2D eigenvalue weighted by molar-refractivity contribution is -0.119. The Morgan fingerprint density at radius 2 is 1.56 bits per heavy atom. The van der Waals surface area contributed by atoms with Crippen LogP contribution in [0.25, 0.3) is 0 Å². The van der Waals surface area contributed by atoms with Gasteiger partial charge < -0.3 is 24.3 Å². The maximum absolute atomic E-state index is 13.1. The van der Waals surface area contributed by atoms with Crippen molar-refractivity contribution in [2.24, 2.45) is 5.92 Å². The Bertz CT molecular complexity index is 956. The molecule has 0 spiro atoms. The largest absolute Gasteiger partial charge is 0.497 e. The van der Waals surface area contributed by atoms with Crippen LogP contribution in [-0.2, 0) is 4.79 Å². The molecule has 0 saturated carbocycles. The van der Waals surface area contributed by atoms with E-state index in [2.05, 4.69) is 25.4 Å². The van der Waals surface area contributed by atoms with Crippen LogP contribution in [0.15, 0.2) is 43.5 Å². The number of ketones is 1. The minimum absolute atomic E-state index is 0.213. The van der Waals surface area contributed by atoms with Crippen LogP contribution in [0.2, 0.25) is 0 Å². The number of benzene rings is 2. The molecule has 1 aliphatic heterocycles. The number of anilines is 1. The molecule has 1 unspecified atom stereocenters. The zero-order valence-corrected chi connectivity index (χ0v) is 19.2. The van der Waals surface area contributed by atoms with Crippen molar-refractivity contribution in [1.82, 2.24) is 0 Å². The van der Waals surface area contributed by atoms with Crippen molar-refractivity contribution in [1.29, 1.82) is 0 Å². The first kappa shape index (κ1) is 24.8. The van der Waals surface area contributed by atoms with E-state index in [0.717, 1.165) is 19.3 Å². The fourth-order valence-electron chi connectivity index (χ4n) is 3.47. The van der Waals surface area contributed by atoms with Crippen molar-refractivity contribution in [2.45, 2.75) is 32.6 Å². The lowest BCUT2D eigenvalue weighted by Gasteiger charge is -2.26. The van der Waals surface area contributed by atoms with Crippen LogP contribution in [0, 0.1) is 5.92 Å². The SMILES string of the molecule is C=C.CCCCCC1C(=O)Nc2c(Oc3ccc(OC)cc3OC)cc(OC)cc2C1=O. The van der Waals surface area contributed by atoms with Crippen LogP contribution in [0.3, 0.4) is 0 Å². The van der Waals surface area contributed by atoms with Crippen molar-refractivity contribution in [3.63, 3.8) is 0 Å². The standard InChI is InChI=1S/C23H27NO6.C2H4/c1-5-6-7-8-16-22(25)17-11-15(28-3)13-20(21(17)24-23(16)26)30-18-10-9-14(27-2)12-19(18)29-4;1-2/h9-13,16H,5-8H2,1-4H3,(H,24,26);1-2H2. The summed E-state index contributed by atoms with van der Waals surface area (Å²) >= 11 is 0. The lowest BCUT2D eigenvalue weighted by atomic mass is 9.87. The molecule has 1 atom stereocenters. The number of hydrogen-bond acceptors (Lipinski definition) is 6. The normalized spacial score (nSPS) is 14.4. The molecule has 1 amide bonds. The molecule has 0 aromatic heterocycles. The van der Waals surface area contributed by atoms with E-state index in [9.17, 15) is 9.59 Å². The molecule has 0 bridgehead atoms. The van der Waals surface area contributed by atoms with E-state index in [0.29, 0.717) is 46.4 Å². The summed E-state index contributed by atoms with van der Waals surface area (Å²) < 4.78 is 22.0. The van der Waals surface area contributed by atoms with Gasteiger partial charge in [-0.1, -0.05) is 26.2 Å². The number of rotatable bonds is 9. The average Bonchev–Trinajstić information content (AvgIpc) is 2.83. The van der Waals surface area contributed by atoms with Gasteiger partial charge in [0.15, 0.2) is 23.0 Å². The zero-order chi connectivity index (χ0) is 23.7. The minimum Gasteiger partial charge on any atom is -0.497 e. The summed E-state index contributed by atoms with van der Waals surface area (Å²) in [6.45, 7) is 8.08. The highest BCUT2D eigenvalue weighted by Crippen LogP contribution is 2.43. The highest BCUT2D eigenvalue weighted by atomic mass is 16.5. The highest BCUT2D eigenvalue weighted by molar-refractivity contribution is 6.21. The second-order valence-electron chi connectivity index (χ2n) is 7.07. The van der Waals surface area contributed by atoms with Crippen molar-refractivity contribution < 1.29 is 28.5 Å². The maximum Gasteiger partial charge on any atom is 0.235 e. The van der Waals surface area contributed by atoms with Crippen molar-refractivity contribution >= 4 is 17.4 Å². The van der Waals surface area contributed by atoms with Crippen LogP contribution in [-0.4, -0.2) is 33.0 Å². The van der Waals surface area contributed by atoms with Crippen molar-refractivity contribution in [3.05, 3.63) is 49.1 Å². The summed E-state index contributed by atoms with van der Waals surface area (Å²) in [7, 11) is 4.60. The highest BCUT2D eigenvalue weighted by Gasteiger charge is 2.36. The number of Topliss-reactive ketones (excluding diaryl/α,β-unsaturated/α-hetero) is 1. The predicted molar refractivity (Wildman–Crippen MR) is 124 cm³/mol. The topological polar surface area (TPSA) is 83.1 Å². The van der Waals surface area contributed by atoms with E-state index in [1.165, 1.54) is 14.2 Å². The molecule has 0 radical (unpaired) electrons. The van der Waals surface area contributed by atoms with Gasteiger partial charge in [0.2, 0.25) is 5.91 Å². The van der Waals surface area contributed by atoms with Crippen LogP contribution in [0.4, 0.5) is 5.69 Å². The summed E-state index contributed by atoms with van der Waals surface area (Å²) in [6, 6.07) is 8.40. The van der Waals surface area contributed by atoms with E-state index in [1.54, 1.807) is 37.4 Å². The Labute approximate surface area is 189 Å². The molecule has 3 rings (SSSR count). The third-order valence-corrected chi connectivity index (χ3v) is 5.15. The van der Waals surface area contributed by atoms with Crippen LogP contribution in [0.5, 0.6) is 28.7 Å². The Morgan fingerprint density at radius 3 is 2.19 bits per heavy atom. The molecule has 7 heteroatoms. The Kier molecular flexibility index (Phi) is 9.13. The molecule has 0 saturated heterocycles. The molecule has 1 N–H and O–H groups in total. The monoisotopic (exact) mass is 441 g/mol. The van der Waals surface area contributed by atoms with Crippen LogP contribution >= 0.6 is 0 Å². The van der Waals surface area contributed by atoms with Crippen molar-refractivity contribution in [2.75, 3.05) is 26.6 Å². The smallest absolute Gasteiger partial charge is 0.235 e. The molecule has 0 aliphatic carbocycles. The average molecular weight is 442 g/mol. The molecule has 1 heterocycles. The Hall–Kier alpha value is -3.48. The number of fused-ring (bicyclic) bond motifs is 1. The predicted octanol–water partition coefficient (Wildman–Crippen LogP) is 5.64. The van der Waals surface area contributed by atoms with Gasteiger partial charge in [0.05, 0.1) is 27.0 Å². The maximum atomic E-state index is 13.1. The second-order valence-corrected chi connectivity index (χ2v) is 7.07. The lowest BCUT2D eigenvalue weighted by Crippen LogP contribution is -2.35. The number of carbonyl (C=O) groups is 2. The summed E-state index contributed by atoms with van der Waals surface area (Å²) in [4.78, 5) is 25.8. The van der Waals surface area contributed by atoms with Crippen LogP contribution < -0.4 is 24.3 Å². The first-order valence-corrected chi connectivity index (χ1v) is 10.5. The van der Waals surface area contributed by atoms with Crippen molar-refractivity contribution in [3.8, 4) is 28.7 Å². The van der Waals surface area contributed by atoms with Gasteiger partial charge in [0, 0.05) is 17.7 Å². The fourth-order valence-corrected chi connectivity index (χ4v) is 3.47. The number of methoxy groups -OCH3 is 3. The third kappa shape index (κ3) is 5.41. The summed E-state index contributed by atoms with van der Waals surface area (Å²) in [6.07, 6.45) is 3.35. The molecule has 0 fully saturated rings. The number of nitrogens with one attached hydrogen (secondary N) is 1. The van der Waals surface area contributed by atoms with E-state index in [1.807, 2.05) is 0 Å². The number of ether oxygens (including phenoxy) is 4. The summed E-state index contributed by atoms with van der Waals surface area (Å²) in [5, 5.41) is 2.86. The number of unbranched alkanes of at least 4 members (excludes halogenated alkanes) is 2. The van der Waals surface area contributed by atoms with Gasteiger partial charge in [-0.05, 0) is 24.6 Å². The molecular formula is C25H31NO6. The zero-order valence-electron chi connectivity index (χ0n) is 19.2. The van der Waals surface area contributed by atoms with E-state index in [4.69, 9.17) is 18.9 Å². The van der Waals surface area contributed by atoms with Gasteiger partial charge in [-0.15, -0.1) is 13.2 Å². The number of carbonyl (C=O) groups excluding carboxylic acids is 2. The Balaban J connectivity index is 0.00000176. The second kappa shape index (κ2) is 11.8. The van der Waals surface area contributed by atoms with E-state index in [-0.39, 0.29) is 11.7 Å². The molecule has 7 nitrogen and oxygen atoms in total. The molecule has 32 heavy (non-hydrogen) atoms. The quantitative estimate of drug-likeness (QED) is 0.308. The molecule has 172 valence electrons. The molecule has 2 aromatic carbocycles. The Morgan fingerprint density at radius 1 is 0.875 bits per heavy atom. The molecular weight excluding hydrogens is 410 g/mol. The first-order chi connectivity index (χ1) is 15.5. The first-order valence-electron chi connectivity index (χ1n) is 10.5. The molecule has 1 aliphatic rings. The molecule has 2 aromatic rings. The van der Waals surface area contributed by atoms with Gasteiger partial charge in [-0.2, -0.15) is 0 Å². The van der Waals surface area contributed by atoms with Gasteiger partial charge in [0.25, 0.3) is 0 Å². The summed E-state index contributed by atoms with van der Waals surface area (Å²) in [5.74, 6) is 1.05. The van der Waals surface area contributed by atoms with Gasteiger partial charge in [-0.3, -0.25) is 9.59 Å².